The van der Waals surface area contributed by atoms with E-state index in [0.29, 0.717) is 6.54 Å². The first-order chi connectivity index (χ1) is 8.88. The van der Waals surface area contributed by atoms with Gasteiger partial charge in [0.05, 0.1) is 18.7 Å². The number of aryl methyl sites for hydroxylation is 2. The van der Waals surface area contributed by atoms with E-state index in [1.165, 1.54) is 4.90 Å². The smallest absolute Gasteiger partial charge is 0.317 e. The van der Waals surface area contributed by atoms with Crippen LogP contribution in [0.2, 0.25) is 0 Å². The second kappa shape index (κ2) is 6.72. The standard InChI is InChI=1S/C13H19N3O3/c1-9-6-10(2)15-11(7-9)8-16(3)13(19)14-5-4-12(17)18/h6-7H,4-5,8H2,1-3H3,(H,14,19)(H,17,18). The number of aromatic nitrogens is 1. The topological polar surface area (TPSA) is 82.5 Å². The molecular weight excluding hydrogens is 246 g/mol. The second-order valence-corrected chi connectivity index (χ2v) is 4.51. The Hall–Kier alpha value is -2.11. The van der Waals surface area contributed by atoms with Crippen LogP contribution in [0.3, 0.4) is 0 Å². The number of carbonyl (C=O) groups is 2. The summed E-state index contributed by atoms with van der Waals surface area (Å²) >= 11 is 0. The van der Waals surface area contributed by atoms with Crippen molar-refractivity contribution in [2.75, 3.05) is 13.6 Å². The number of carboxylic acid groups (broad SMARTS) is 1. The molecular formula is C13H19N3O3. The summed E-state index contributed by atoms with van der Waals surface area (Å²) in [4.78, 5) is 27.9. The minimum atomic E-state index is -0.932. The fourth-order valence-electron chi connectivity index (χ4n) is 1.73. The number of amides is 2. The summed E-state index contributed by atoms with van der Waals surface area (Å²) in [5.41, 5.74) is 2.82. The quantitative estimate of drug-likeness (QED) is 0.841. The van der Waals surface area contributed by atoms with Crippen LogP contribution >= 0.6 is 0 Å². The molecule has 0 aliphatic heterocycles. The molecule has 19 heavy (non-hydrogen) atoms. The van der Waals surface area contributed by atoms with Gasteiger partial charge >= 0.3 is 12.0 Å². The van der Waals surface area contributed by atoms with Gasteiger partial charge < -0.3 is 15.3 Å². The van der Waals surface area contributed by atoms with Crippen molar-refractivity contribution in [1.29, 1.82) is 0 Å². The summed E-state index contributed by atoms with van der Waals surface area (Å²) < 4.78 is 0. The van der Waals surface area contributed by atoms with Crippen LogP contribution in [-0.4, -0.2) is 40.6 Å². The lowest BCUT2D eigenvalue weighted by Crippen LogP contribution is -2.38. The highest BCUT2D eigenvalue weighted by atomic mass is 16.4. The van der Waals surface area contributed by atoms with E-state index >= 15 is 0 Å². The van der Waals surface area contributed by atoms with Crippen LogP contribution in [0.5, 0.6) is 0 Å². The molecule has 0 bridgehead atoms. The summed E-state index contributed by atoms with van der Waals surface area (Å²) in [6, 6.07) is 3.59. The Kier molecular flexibility index (Phi) is 5.29. The average Bonchev–Trinajstić information content (AvgIpc) is 2.26. The third kappa shape index (κ3) is 5.37. The molecule has 104 valence electrons. The van der Waals surface area contributed by atoms with Crippen LogP contribution in [0.25, 0.3) is 0 Å². The summed E-state index contributed by atoms with van der Waals surface area (Å²) in [6.45, 7) is 4.40. The van der Waals surface area contributed by atoms with Crippen molar-refractivity contribution in [1.82, 2.24) is 15.2 Å². The number of hydrogen-bond acceptors (Lipinski definition) is 3. The van der Waals surface area contributed by atoms with Gasteiger partial charge in [0.25, 0.3) is 0 Å². The molecule has 2 N–H and O–H groups in total. The van der Waals surface area contributed by atoms with Crippen LogP contribution in [0.15, 0.2) is 12.1 Å². The Morgan fingerprint density at radius 2 is 2.05 bits per heavy atom. The number of nitrogens with one attached hydrogen (secondary N) is 1. The van der Waals surface area contributed by atoms with Gasteiger partial charge in [-0.2, -0.15) is 0 Å². The lowest BCUT2D eigenvalue weighted by Gasteiger charge is -2.17. The Balaban J connectivity index is 2.51. The number of aliphatic carboxylic acids is 1. The molecule has 6 nitrogen and oxygen atoms in total. The minimum Gasteiger partial charge on any atom is -0.481 e. The summed E-state index contributed by atoms with van der Waals surface area (Å²) in [7, 11) is 1.65. The highest BCUT2D eigenvalue weighted by Crippen LogP contribution is 2.06. The van der Waals surface area contributed by atoms with E-state index < -0.39 is 5.97 Å². The maximum atomic E-state index is 11.7. The molecule has 0 spiro atoms. The maximum absolute atomic E-state index is 11.7. The Morgan fingerprint density at radius 1 is 1.37 bits per heavy atom. The van der Waals surface area contributed by atoms with Crippen LogP contribution < -0.4 is 5.32 Å². The molecule has 0 atom stereocenters. The fourth-order valence-corrected chi connectivity index (χ4v) is 1.73. The zero-order valence-electron chi connectivity index (χ0n) is 11.4. The van der Waals surface area contributed by atoms with Gasteiger partial charge in [-0.1, -0.05) is 0 Å². The van der Waals surface area contributed by atoms with Crippen molar-refractivity contribution in [3.63, 3.8) is 0 Å². The van der Waals surface area contributed by atoms with E-state index in [-0.39, 0.29) is 19.0 Å². The molecule has 0 saturated heterocycles. The average molecular weight is 265 g/mol. The molecule has 6 heteroatoms. The minimum absolute atomic E-state index is 0.0820. The van der Waals surface area contributed by atoms with Gasteiger partial charge in [0.15, 0.2) is 0 Å². The molecule has 0 aliphatic carbocycles. The van der Waals surface area contributed by atoms with Crippen molar-refractivity contribution in [2.45, 2.75) is 26.8 Å². The molecule has 1 heterocycles. The van der Waals surface area contributed by atoms with E-state index in [9.17, 15) is 9.59 Å². The highest BCUT2D eigenvalue weighted by Gasteiger charge is 2.10. The molecule has 0 aromatic carbocycles. The monoisotopic (exact) mass is 265 g/mol. The summed E-state index contributed by atoms with van der Waals surface area (Å²) in [6.07, 6.45) is -0.0820. The second-order valence-electron chi connectivity index (χ2n) is 4.51. The Labute approximate surface area is 112 Å². The van der Waals surface area contributed by atoms with Gasteiger partial charge in [0.1, 0.15) is 0 Å². The summed E-state index contributed by atoms with van der Waals surface area (Å²) in [5.74, 6) is -0.932. The number of nitrogens with zero attached hydrogens (tertiary/aromatic N) is 2. The van der Waals surface area contributed by atoms with E-state index in [4.69, 9.17) is 5.11 Å². The van der Waals surface area contributed by atoms with Crippen molar-refractivity contribution < 1.29 is 14.7 Å². The molecule has 0 aliphatic rings. The lowest BCUT2D eigenvalue weighted by molar-refractivity contribution is -0.136. The number of urea groups is 1. The third-order valence-electron chi connectivity index (χ3n) is 2.51. The van der Waals surface area contributed by atoms with Crippen LogP contribution in [0.1, 0.15) is 23.4 Å². The normalized spacial score (nSPS) is 10.1. The van der Waals surface area contributed by atoms with Crippen molar-refractivity contribution in [3.8, 4) is 0 Å². The van der Waals surface area contributed by atoms with E-state index in [2.05, 4.69) is 10.3 Å². The SMILES string of the molecule is Cc1cc(C)nc(CN(C)C(=O)NCCC(=O)O)c1. The third-order valence-corrected chi connectivity index (χ3v) is 2.51. The number of rotatable bonds is 5. The first-order valence-corrected chi connectivity index (χ1v) is 6.03. The van der Waals surface area contributed by atoms with Gasteiger partial charge in [-0.05, 0) is 31.5 Å². The molecule has 1 aromatic heterocycles. The van der Waals surface area contributed by atoms with Crippen LogP contribution in [0.4, 0.5) is 4.79 Å². The van der Waals surface area contributed by atoms with E-state index in [1.807, 2.05) is 26.0 Å². The predicted octanol–water partition coefficient (Wildman–Crippen LogP) is 1.31. The first kappa shape index (κ1) is 14.9. The zero-order chi connectivity index (χ0) is 14.4. The number of carboxylic acids is 1. The maximum Gasteiger partial charge on any atom is 0.317 e. The fraction of sp³-hybridized carbons (Fsp3) is 0.462. The molecule has 1 rings (SSSR count). The predicted molar refractivity (Wildman–Crippen MR) is 70.8 cm³/mol. The molecule has 2 amide bonds. The van der Waals surface area contributed by atoms with Gasteiger partial charge in [-0.15, -0.1) is 0 Å². The van der Waals surface area contributed by atoms with Crippen molar-refractivity contribution in [2.24, 2.45) is 0 Å². The van der Waals surface area contributed by atoms with Gasteiger partial charge in [-0.3, -0.25) is 9.78 Å². The molecule has 0 fully saturated rings. The van der Waals surface area contributed by atoms with Crippen molar-refractivity contribution >= 4 is 12.0 Å². The van der Waals surface area contributed by atoms with Gasteiger partial charge in [-0.25, -0.2) is 4.79 Å². The van der Waals surface area contributed by atoms with Crippen LogP contribution in [0, 0.1) is 13.8 Å². The van der Waals surface area contributed by atoms with Gasteiger partial charge in [0.2, 0.25) is 0 Å². The molecule has 0 unspecified atom stereocenters. The number of carbonyl (C=O) groups excluding carboxylic acids is 1. The summed E-state index contributed by atoms with van der Waals surface area (Å²) in [5, 5.41) is 11.0. The van der Waals surface area contributed by atoms with E-state index in [0.717, 1.165) is 17.0 Å². The van der Waals surface area contributed by atoms with Crippen molar-refractivity contribution in [3.05, 3.63) is 29.1 Å². The number of pyridine rings is 1. The zero-order valence-corrected chi connectivity index (χ0v) is 11.4. The lowest BCUT2D eigenvalue weighted by atomic mass is 10.2. The Morgan fingerprint density at radius 3 is 2.63 bits per heavy atom. The molecule has 0 saturated carbocycles. The van der Waals surface area contributed by atoms with Crippen LogP contribution in [-0.2, 0) is 11.3 Å². The molecule has 0 radical (unpaired) electrons. The molecule has 1 aromatic rings. The Bertz CT molecular complexity index is 454. The highest BCUT2D eigenvalue weighted by molar-refractivity contribution is 5.74. The first-order valence-electron chi connectivity index (χ1n) is 6.03. The van der Waals surface area contributed by atoms with E-state index in [1.54, 1.807) is 7.05 Å². The number of hydrogen-bond donors (Lipinski definition) is 2. The largest absolute Gasteiger partial charge is 0.481 e. The van der Waals surface area contributed by atoms with Gasteiger partial charge in [0, 0.05) is 19.3 Å².